The molecular weight excluding hydrogens is 134 g/mol. The first-order valence-corrected chi connectivity index (χ1v) is 3.55. The van der Waals surface area contributed by atoms with Crippen molar-refractivity contribution in [3.8, 4) is 0 Å². The van der Waals surface area contributed by atoms with Crippen molar-refractivity contribution in [2.75, 3.05) is 5.88 Å². The number of hydrogen-bond donors (Lipinski definition) is 1. The van der Waals surface area contributed by atoms with Crippen LogP contribution in [0.4, 0.5) is 0 Å². The van der Waals surface area contributed by atoms with E-state index in [4.69, 9.17) is 11.6 Å². The van der Waals surface area contributed by atoms with Crippen LogP contribution in [-0.2, 0) is 0 Å². The van der Waals surface area contributed by atoms with E-state index in [1.54, 1.807) is 0 Å². The summed E-state index contributed by atoms with van der Waals surface area (Å²) in [7, 11) is 0. The van der Waals surface area contributed by atoms with E-state index in [2.05, 4.69) is 18.3 Å². The molecule has 2 heteroatoms. The molecule has 1 N–H and O–H groups in total. The van der Waals surface area contributed by atoms with E-state index in [1.807, 2.05) is 12.3 Å². The van der Waals surface area contributed by atoms with Crippen molar-refractivity contribution in [1.29, 1.82) is 0 Å². The zero-order valence-corrected chi connectivity index (χ0v) is 6.15. The first-order chi connectivity index (χ1) is 4.33. The smallest absolute Gasteiger partial charge is 0.0488 e. The standard InChI is InChI=1S/C7H10ClN/c1-6-2-3-7(4-8)5-9-6/h2-3,5-6,9H,4H2,1H3. The van der Waals surface area contributed by atoms with Crippen LogP contribution in [0.15, 0.2) is 23.9 Å². The summed E-state index contributed by atoms with van der Waals surface area (Å²) in [6, 6.07) is 0.456. The molecule has 1 atom stereocenters. The molecule has 9 heavy (non-hydrogen) atoms. The predicted molar refractivity (Wildman–Crippen MR) is 40.5 cm³/mol. The minimum atomic E-state index is 0.456. The maximum Gasteiger partial charge on any atom is 0.0488 e. The van der Waals surface area contributed by atoms with Gasteiger partial charge in [-0.3, -0.25) is 0 Å². The van der Waals surface area contributed by atoms with Gasteiger partial charge in [0.2, 0.25) is 0 Å². The molecule has 1 aliphatic heterocycles. The van der Waals surface area contributed by atoms with E-state index in [-0.39, 0.29) is 0 Å². The first kappa shape index (κ1) is 6.69. The third-order valence-corrected chi connectivity index (χ3v) is 1.59. The van der Waals surface area contributed by atoms with Gasteiger partial charge < -0.3 is 5.32 Å². The second-order valence-corrected chi connectivity index (χ2v) is 2.43. The molecule has 1 nitrogen and oxygen atoms in total. The summed E-state index contributed by atoms with van der Waals surface area (Å²) >= 11 is 5.57. The second-order valence-electron chi connectivity index (χ2n) is 2.17. The average molecular weight is 144 g/mol. The summed E-state index contributed by atoms with van der Waals surface area (Å²) in [4.78, 5) is 0. The predicted octanol–water partition coefficient (Wildman–Crippen LogP) is 1.66. The summed E-state index contributed by atoms with van der Waals surface area (Å²) in [5.41, 5.74) is 1.15. The highest BCUT2D eigenvalue weighted by Crippen LogP contribution is 2.04. The number of hydrogen-bond acceptors (Lipinski definition) is 1. The summed E-state index contributed by atoms with van der Waals surface area (Å²) in [6.45, 7) is 2.10. The third kappa shape index (κ3) is 1.75. The molecule has 0 aromatic heterocycles. The SMILES string of the molecule is CC1C=CC(CCl)=CN1. The van der Waals surface area contributed by atoms with E-state index in [1.165, 1.54) is 0 Å². The van der Waals surface area contributed by atoms with Gasteiger partial charge in [0.1, 0.15) is 0 Å². The van der Waals surface area contributed by atoms with Crippen LogP contribution in [0.25, 0.3) is 0 Å². The Balaban J connectivity index is 2.52. The topological polar surface area (TPSA) is 12.0 Å². The first-order valence-electron chi connectivity index (χ1n) is 3.02. The van der Waals surface area contributed by atoms with Crippen molar-refractivity contribution in [3.05, 3.63) is 23.9 Å². The van der Waals surface area contributed by atoms with Crippen LogP contribution in [0.5, 0.6) is 0 Å². The number of halogens is 1. The number of alkyl halides is 1. The van der Waals surface area contributed by atoms with Gasteiger partial charge >= 0.3 is 0 Å². The van der Waals surface area contributed by atoms with Gasteiger partial charge in [-0.1, -0.05) is 12.2 Å². The molecule has 0 fully saturated rings. The third-order valence-electron chi connectivity index (χ3n) is 1.28. The molecule has 0 bridgehead atoms. The highest BCUT2D eigenvalue weighted by atomic mass is 35.5. The molecule has 1 unspecified atom stereocenters. The Morgan fingerprint density at radius 2 is 2.56 bits per heavy atom. The average Bonchev–Trinajstić information content (AvgIpc) is 1.90. The fourth-order valence-corrected chi connectivity index (χ4v) is 0.859. The number of nitrogens with one attached hydrogen (secondary N) is 1. The lowest BCUT2D eigenvalue weighted by molar-refractivity contribution is 0.754. The molecule has 0 radical (unpaired) electrons. The number of rotatable bonds is 1. The highest BCUT2D eigenvalue weighted by Gasteiger charge is 1.98. The zero-order chi connectivity index (χ0) is 6.69. The summed E-state index contributed by atoms with van der Waals surface area (Å²) < 4.78 is 0. The van der Waals surface area contributed by atoms with Gasteiger partial charge in [-0.05, 0) is 12.5 Å². The van der Waals surface area contributed by atoms with Gasteiger partial charge in [-0.2, -0.15) is 0 Å². The Morgan fingerprint density at radius 1 is 1.78 bits per heavy atom. The fourth-order valence-electron chi connectivity index (χ4n) is 0.693. The van der Waals surface area contributed by atoms with Crippen LogP contribution in [0.1, 0.15) is 6.92 Å². The van der Waals surface area contributed by atoms with Gasteiger partial charge in [-0.15, -0.1) is 11.6 Å². The monoisotopic (exact) mass is 143 g/mol. The molecule has 0 saturated carbocycles. The van der Waals surface area contributed by atoms with E-state index in [0.717, 1.165) is 5.57 Å². The Kier molecular flexibility index (Phi) is 2.17. The highest BCUT2D eigenvalue weighted by molar-refractivity contribution is 6.19. The molecule has 1 heterocycles. The Labute approximate surface area is 60.4 Å². The molecular formula is C7H10ClN. The van der Waals surface area contributed by atoms with Crippen molar-refractivity contribution in [2.45, 2.75) is 13.0 Å². The van der Waals surface area contributed by atoms with Gasteiger partial charge in [-0.25, -0.2) is 0 Å². The molecule has 0 saturated heterocycles. The lowest BCUT2D eigenvalue weighted by atomic mass is 10.2. The molecule has 50 valence electrons. The van der Waals surface area contributed by atoms with Crippen molar-refractivity contribution >= 4 is 11.6 Å². The summed E-state index contributed by atoms with van der Waals surface area (Å²) in [5, 5.41) is 3.15. The fraction of sp³-hybridized carbons (Fsp3) is 0.429. The maximum atomic E-state index is 5.57. The molecule has 0 aliphatic carbocycles. The maximum absolute atomic E-state index is 5.57. The molecule has 0 aromatic carbocycles. The van der Waals surface area contributed by atoms with E-state index >= 15 is 0 Å². The molecule has 0 aromatic rings. The lowest BCUT2D eigenvalue weighted by Crippen LogP contribution is -2.20. The minimum absolute atomic E-state index is 0.456. The minimum Gasteiger partial charge on any atom is -0.385 e. The largest absolute Gasteiger partial charge is 0.385 e. The van der Waals surface area contributed by atoms with Gasteiger partial charge in [0, 0.05) is 18.1 Å². The quantitative estimate of drug-likeness (QED) is 0.551. The van der Waals surface area contributed by atoms with E-state index in [0.29, 0.717) is 11.9 Å². The zero-order valence-electron chi connectivity index (χ0n) is 5.39. The van der Waals surface area contributed by atoms with Gasteiger partial charge in [0.15, 0.2) is 0 Å². The molecule has 1 aliphatic rings. The Hall–Kier alpha value is -0.430. The molecule has 0 amide bonds. The normalized spacial score (nSPS) is 25.1. The Morgan fingerprint density at radius 3 is 3.00 bits per heavy atom. The summed E-state index contributed by atoms with van der Waals surface area (Å²) in [5.74, 6) is 0.593. The number of allylic oxidation sites excluding steroid dienone is 2. The van der Waals surface area contributed by atoms with Crippen molar-refractivity contribution in [2.24, 2.45) is 0 Å². The second kappa shape index (κ2) is 2.92. The van der Waals surface area contributed by atoms with Crippen molar-refractivity contribution in [1.82, 2.24) is 5.32 Å². The van der Waals surface area contributed by atoms with E-state index < -0.39 is 0 Å². The van der Waals surface area contributed by atoms with Crippen LogP contribution >= 0.6 is 11.6 Å². The summed E-state index contributed by atoms with van der Waals surface area (Å²) in [6.07, 6.45) is 6.10. The lowest BCUT2D eigenvalue weighted by Gasteiger charge is -2.12. The number of dihydropyridines is 1. The van der Waals surface area contributed by atoms with Crippen LogP contribution in [-0.4, -0.2) is 11.9 Å². The van der Waals surface area contributed by atoms with Crippen LogP contribution in [0.2, 0.25) is 0 Å². The van der Waals surface area contributed by atoms with Crippen LogP contribution in [0, 0.1) is 0 Å². The molecule has 0 spiro atoms. The van der Waals surface area contributed by atoms with Crippen molar-refractivity contribution in [3.63, 3.8) is 0 Å². The van der Waals surface area contributed by atoms with Gasteiger partial charge in [0.05, 0.1) is 0 Å². The van der Waals surface area contributed by atoms with Crippen LogP contribution < -0.4 is 5.32 Å². The van der Waals surface area contributed by atoms with Crippen molar-refractivity contribution < 1.29 is 0 Å². The molecule has 1 rings (SSSR count). The van der Waals surface area contributed by atoms with Crippen LogP contribution in [0.3, 0.4) is 0 Å². The van der Waals surface area contributed by atoms with E-state index in [9.17, 15) is 0 Å². The Bertz CT molecular complexity index is 149. The van der Waals surface area contributed by atoms with Gasteiger partial charge in [0.25, 0.3) is 0 Å².